The molecule has 1 aromatic heterocycles. The smallest absolute Gasteiger partial charge is 0.277 e. The van der Waals surface area contributed by atoms with Crippen molar-refractivity contribution in [2.75, 3.05) is 17.2 Å². The standard InChI is InChI=1S/C19H18N4O4S/c1-3-22(16-6-4-5-13(2)11-16)17(24)12-28-19-21-20-18(27-19)14-7-9-15(10-8-14)23(25)26/h4-11H,3,12H2,1-2H3. The summed E-state index contributed by atoms with van der Waals surface area (Å²) in [6.07, 6.45) is 0. The molecule has 0 aliphatic heterocycles. The Hall–Kier alpha value is -3.20. The molecule has 0 fully saturated rings. The predicted molar refractivity (Wildman–Crippen MR) is 106 cm³/mol. The van der Waals surface area contributed by atoms with Crippen LogP contribution in [0.25, 0.3) is 11.5 Å². The molecule has 0 aliphatic carbocycles. The van der Waals surface area contributed by atoms with E-state index in [9.17, 15) is 14.9 Å². The Bertz CT molecular complexity index is 988. The highest BCUT2D eigenvalue weighted by atomic mass is 32.2. The summed E-state index contributed by atoms with van der Waals surface area (Å²) in [5.74, 6) is 0.341. The Morgan fingerprint density at radius 2 is 1.96 bits per heavy atom. The third-order valence-electron chi connectivity index (χ3n) is 3.98. The predicted octanol–water partition coefficient (Wildman–Crippen LogP) is 4.10. The fraction of sp³-hybridized carbons (Fsp3) is 0.211. The van der Waals surface area contributed by atoms with Crippen LogP contribution < -0.4 is 4.90 Å². The van der Waals surface area contributed by atoms with E-state index in [2.05, 4.69) is 10.2 Å². The van der Waals surface area contributed by atoms with E-state index in [1.807, 2.05) is 38.1 Å². The van der Waals surface area contributed by atoms with Gasteiger partial charge in [-0.25, -0.2) is 0 Å². The molecule has 1 heterocycles. The number of nitrogens with zero attached hydrogens (tertiary/aromatic N) is 4. The van der Waals surface area contributed by atoms with Crippen LogP contribution in [0.1, 0.15) is 12.5 Å². The van der Waals surface area contributed by atoms with Crippen LogP contribution in [-0.4, -0.2) is 33.3 Å². The van der Waals surface area contributed by atoms with Crippen molar-refractivity contribution in [3.8, 4) is 11.5 Å². The van der Waals surface area contributed by atoms with Crippen LogP contribution in [0.5, 0.6) is 0 Å². The van der Waals surface area contributed by atoms with Gasteiger partial charge in [-0.05, 0) is 43.7 Å². The molecule has 0 radical (unpaired) electrons. The largest absolute Gasteiger partial charge is 0.411 e. The number of benzene rings is 2. The number of rotatable bonds is 7. The normalized spacial score (nSPS) is 10.6. The monoisotopic (exact) mass is 398 g/mol. The Kier molecular flexibility index (Phi) is 6.05. The maximum atomic E-state index is 12.6. The van der Waals surface area contributed by atoms with Crippen molar-refractivity contribution in [2.24, 2.45) is 0 Å². The van der Waals surface area contributed by atoms with Gasteiger partial charge in [0.25, 0.3) is 10.9 Å². The van der Waals surface area contributed by atoms with Crippen molar-refractivity contribution in [1.82, 2.24) is 10.2 Å². The van der Waals surface area contributed by atoms with E-state index in [-0.39, 0.29) is 28.5 Å². The van der Waals surface area contributed by atoms with Crippen LogP contribution in [-0.2, 0) is 4.79 Å². The van der Waals surface area contributed by atoms with Gasteiger partial charge < -0.3 is 9.32 Å². The van der Waals surface area contributed by atoms with Gasteiger partial charge in [-0.2, -0.15) is 0 Å². The number of amides is 1. The summed E-state index contributed by atoms with van der Waals surface area (Å²) in [6, 6.07) is 13.6. The number of non-ortho nitro benzene ring substituents is 1. The zero-order chi connectivity index (χ0) is 20.1. The third-order valence-corrected chi connectivity index (χ3v) is 4.78. The summed E-state index contributed by atoms with van der Waals surface area (Å²) in [7, 11) is 0. The molecule has 0 N–H and O–H groups in total. The zero-order valence-electron chi connectivity index (χ0n) is 15.4. The molecule has 0 bridgehead atoms. The number of carbonyl (C=O) groups excluding carboxylic acids is 1. The number of nitro benzene ring substituents is 1. The molecular formula is C19H18N4O4S. The second kappa shape index (κ2) is 8.66. The molecule has 9 heteroatoms. The van der Waals surface area contributed by atoms with Gasteiger partial charge in [0, 0.05) is 29.9 Å². The highest BCUT2D eigenvalue weighted by Gasteiger charge is 2.17. The SMILES string of the molecule is CCN(C(=O)CSc1nnc(-c2ccc([N+](=O)[O-])cc2)o1)c1cccc(C)c1. The minimum Gasteiger partial charge on any atom is -0.411 e. The molecule has 0 saturated heterocycles. The van der Waals surface area contributed by atoms with E-state index >= 15 is 0 Å². The molecule has 3 rings (SSSR count). The minimum absolute atomic E-state index is 0.0146. The first-order valence-electron chi connectivity index (χ1n) is 8.56. The topological polar surface area (TPSA) is 102 Å². The average molecular weight is 398 g/mol. The van der Waals surface area contributed by atoms with Crippen molar-refractivity contribution in [3.63, 3.8) is 0 Å². The van der Waals surface area contributed by atoms with Gasteiger partial charge in [0.05, 0.1) is 10.7 Å². The number of thioether (sulfide) groups is 1. The summed E-state index contributed by atoms with van der Waals surface area (Å²) in [4.78, 5) is 24.5. The summed E-state index contributed by atoms with van der Waals surface area (Å²) in [5, 5.41) is 18.9. The van der Waals surface area contributed by atoms with Crippen molar-refractivity contribution < 1.29 is 14.1 Å². The first-order chi connectivity index (χ1) is 13.5. The molecule has 28 heavy (non-hydrogen) atoms. The summed E-state index contributed by atoms with van der Waals surface area (Å²) in [5.41, 5.74) is 2.50. The molecule has 3 aromatic rings. The van der Waals surface area contributed by atoms with Crippen molar-refractivity contribution in [1.29, 1.82) is 0 Å². The van der Waals surface area contributed by atoms with E-state index in [1.165, 1.54) is 12.1 Å². The second-order valence-corrected chi connectivity index (χ2v) is 6.87. The van der Waals surface area contributed by atoms with E-state index in [4.69, 9.17) is 4.42 Å². The van der Waals surface area contributed by atoms with E-state index in [1.54, 1.807) is 17.0 Å². The van der Waals surface area contributed by atoms with Gasteiger partial charge in [0.1, 0.15) is 0 Å². The first kappa shape index (κ1) is 19.6. The number of anilines is 1. The van der Waals surface area contributed by atoms with Gasteiger partial charge in [0.2, 0.25) is 11.8 Å². The molecular weight excluding hydrogens is 380 g/mol. The molecule has 0 unspecified atom stereocenters. The van der Waals surface area contributed by atoms with Crippen LogP contribution >= 0.6 is 11.8 Å². The molecule has 8 nitrogen and oxygen atoms in total. The maximum Gasteiger partial charge on any atom is 0.277 e. The lowest BCUT2D eigenvalue weighted by molar-refractivity contribution is -0.384. The van der Waals surface area contributed by atoms with Crippen LogP contribution in [0.2, 0.25) is 0 Å². The van der Waals surface area contributed by atoms with E-state index in [0.29, 0.717) is 12.1 Å². The fourth-order valence-electron chi connectivity index (χ4n) is 2.61. The van der Waals surface area contributed by atoms with Gasteiger partial charge >= 0.3 is 0 Å². The van der Waals surface area contributed by atoms with Crippen molar-refractivity contribution in [3.05, 3.63) is 64.2 Å². The van der Waals surface area contributed by atoms with Gasteiger partial charge in [0.15, 0.2) is 0 Å². The lowest BCUT2D eigenvalue weighted by Gasteiger charge is -2.21. The molecule has 1 amide bonds. The molecule has 0 saturated carbocycles. The van der Waals surface area contributed by atoms with Gasteiger partial charge in [-0.15, -0.1) is 10.2 Å². The lowest BCUT2D eigenvalue weighted by Crippen LogP contribution is -2.32. The first-order valence-corrected chi connectivity index (χ1v) is 9.54. The molecule has 0 aliphatic rings. The number of carbonyl (C=O) groups is 1. The summed E-state index contributed by atoms with van der Waals surface area (Å²) >= 11 is 1.15. The highest BCUT2D eigenvalue weighted by molar-refractivity contribution is 7.99. The van der Waals surface area contributed by atoms with E-state index in [0.717, 1.165) is 23.0 Å². The Morgan fingerprint density at radius 1 is 1.21 bits per heavy atom. The molecule has 0 atom stereocenters. The second-order valence-electron chi connectivity index (χ2n) is 5.94. The van der Waals surface area contributed by atoms with Gasteiger partial charge in [-0.1, -0.05) is 23.9 Å². The fourth-order valence-corrected chi connectivity index (χ4v) is 3.25. The minimum atomic E-state index is -0.474. The molecule has 0 spiro atoms. The third kappa shape index (κ3) is 4.55. The van der Waals surface area contributed by atoms with E-state index < -0.39 is 4.92 Å². The summed E-state index contributed by atoms with van der Waals surface area (Å²) < 4.78 is 5.56. The van der Waals surface area contributed by atoms with Crippen LogP contribution in [0.4, 0.5) is 11.4 Å². The Labute approximate surface area is 165 Å². The van der Waals surface area contributed by atoms with Crippen LogP contribution in [0.15, 0.2) is 58.2 Å². The Morgan fingerprint density at radius 3 is 2.61 bits per heavy atom. The number of hydrogen-bond acceptors (Lipinski definition) is 7. The Balaban J connectivity index is 1.64. The summed E-state index contributed by atoms with van der Waals surface area (Å²) in [6.45, 7) is 4.46. The highest BCUT2D eigenvalue weighted by Crippen LogP contribution is 2.25. The van der Waals surface area contributed by atoms with Crippen molar-refractivity contribution >= 4 is 29.0 Å². The average Bonchev–Trinajstić information content (AvgIpc) is 3.16. The molecule has 144 valence electrons. The number of nitro groups is 1. The van der Waals surface area contributed by atoms with Crippen LogP contribution in [0.3, 0.4) is 0 Å². The van der Waals surface area contributed by atoms with Crippen LogP contribution in [0, 0.1) is 17.0 Å². The number of aromatic nitrogens is 2. The zero-order valence-corrected chi connectivity index (χ0v) is 16.2. The van der Waals surface area contributed by atoms with Crippen molar-refractivity contribution in [2.45, 2.75) is 19.1 Å². The lowest BCUT2D eigenvalue weighted by atomic mass is 10.2. The van der Waals surface area contributed by atoms with Gasteiger partial charge in [-0.3, -0.25) is 14.9 Å². The number of aryl methyl sites for hydroxylation is 1. The maximum absolute atomic E-state index is 12.6. The number of hydrogen-bond donors (Lipinski definition) is 0. The molecule has 2 aromatic carbocycles. The quantitative estimate of drug-likeness (QED) is 0.335.